The van der Waals surface area contributed by atoms with E-state index in [9.17, 15) is 4.79 Å². The Hall–Kier alpha value is -0.570. The maximum atomic E-state index is 12.2. The van der Waals surface area contributed by atoms with Crippen LogP contribution >= 0.6 is 0 Å². The van der Waals surface area contributed by atoms with Gasteiger partial charge >= 0.3 is 0 Å². The number of amides is 1. The molecule has 94 valence electrons. The Balaban J connectivity index is 2.56. The topological polar surface area (TPSA) is 46.3 Å². The quantitative estimate of drug-likeness (QED) is 0.798. The molecule has 0 aromatic heterocycles. The van der Waals surface area contributed by atoms with Crippen LogP contribution in [0.1, 0.15) is 40.5 Å². The summed E-state index contributed by atoms with van der Waals surface area (Å²) in [5, 5.41) is 0. The van der Waals surface area contributed by atoms with E-state index in [-0.39, 0.29) is 11.8 Å². The van der Waals surface area contributed by atoms with Crippen LogP contribution in [0.4, 0.5) is 0 Å². The van der Waals surface area contributed by atoms with E-state index < -0.39 is 0 Å². The lowest BCUT2D eigenvalue weighted by atomic mass is 9.82. The zero-order valence-corrected chi connectivity index (χ0v) is 11.1. The summed E-state index contributed by atoms with van der Waals surface area (Å²) >= 11 is 0. The molecule has 3 heteroatoms. The average Bonchev–Trinajstić information content (AvgIpc) is 2.17. The van der Waals surface area contributed by atoms with E-state index >= 15 is 0 Å². The fourth-order valence-electron chi connectivity index (χ4n) is 2.23. The largest absolute Gasteiger partial charge is 0.342 e. The minimum atomic E-state index is 0.00112. The lowest BCUT2D eigenvalue weighted by Gasteiger charge is -2.38. The molecule has 1 rings (SSSR count). The van der Waals surface area contributed by atoms with Gasteiger partial charge in [-0.25, -0.2) is 0 Å². The van der Waals surface area contributed by atoms with Crippen molar-refractivity contribution in [1.82, 2.24) is 4.90 Å². The van der Waals surface area contributed by atoms with Crippen molar-refractivity contribution in [3.63, 3.8) is 0 Å². The molecule has 0 radical (unpaired) electrons. The second kappa shape index (κ2) is 5.17. The van der Waals surface area contributed by atoms with Crippen molar-refractivity contribution in [2.24, 2.45) is 23.0 Å². The van der Waals surface area contributed by atoms with E-state index in [2.05, 4.69) is 27.7 Å². The third kappa shape index (κ3) is 3.21. The molecule has 1 heterocycles. The highest BCUT2D eigenvalue weighted by Gasteiger charge is 2.31. The zero-order chi connectivity index (χ0) is 12.3. The Labute approximate surface area is 99.4 Å². The summed E-state index contributed by atoms with van der Waals surface area (Å²) in [5.74, 6) is 0.599. The number of hydrogen-bond donors (Lipinski definition) is 1. The third-order valence-electron chi connectivity index (χ3n) is 3.80. The number of piperidine rings is 1. The van der Waals surface area contributed by atoms with Crippen molar-refractivity contribution in [3.8, 4) is 0 Å². The van der Waals surface area contributed by atoms with E-state index in [0.717, 1.165) is 25.9 Å². The van der Waals surface area contributed by atoms with E-state index in [4.69, 9.17) is 5.73 Å². The highest BCUT2D eigenvalue weighted by atomic mass is 16.2. The molecule has 1 fully saturated rings. The van der Waals surface area contributed by atoms with Gasteiger partial charge in [0.05, 0.1) is 5.92 Å². The Morgan fingerprint density at radius 3 is 2.19 bits per heavy atom. The summed E-state index contributed by atoms with van der Waals surface area (Å²) in [7, 11) is 0. The van der Waals surface area contributed by atoms with Crippen LogP contribution in [-0.2, 0) is 4.79 Å². The van der Waals surface area contributed by atoms with Crippen LogP contribution in [0.3, 0.4) is 0 Å². The van der Waals surface area contributed by atoms with Crippen LogP contribution in [0, 0.1) is 17.3 Å². The molecule has 16 heavy (non-hydrogen) atoms. The molecule has 0 bridgehead atoms. The number of carbonyl (C=O) groups is 1. The fraction of sp³-hybridized carbons (Fsp3) is 0.923. The molecular weight excluding hydrogens is 200 g/mol. The lowest BCUT2D eigenvalue weighted by Crippen LogP contribution is -2.46. The van der Waals surface area contributed by atoms with E-state index in [1.165, 1.54) is 0 Å². The van der Waals surface area contributed by atoms with Crippen LogP contribution < -0.4 is 5.73 Å². The molecule has 3 nitrogen and oxygen atoms in total. The molecule has 1 aliphatic rings. The predicted octanol–water partition coefficient (Wildman–Crippen LogP) is 1.87. The molecule has 1 unspecified atom stereocenters. The van der Waals surface area contributed by atoms with E-state index in [1.54, 1.807) is 0 Å². The maximum Gasteiger partial charge on any atom is 0.227 e. The van der Waals surface area contributed by atoms with Gasteiger partial charge in [-0.1, -0.05) is 27.7 Å². The van der Waals surface area contributed by atoms with Crippen molar-refractivity contribution in [3.05, 3.63) is 0 Å². The van der Waals surface area contributed by atoms with Crippen LogP contribution in [0.15, 0.2) is 0 Å². The Morgan fingerprint density at radius 1 is 1.31 bits per heavy atom. The number of nitrogens with zero attached hydrogens (tertiary/aromatic N) is 1. The van der Waals surface area contributed by atoms with Gasteiger partial charge < -0.3 is 10.6 Å². The molecule has 1 aliphatic heterocycles. The molecule has 0 saturated carbocycles. The van der Waals surface area contributed by atoms with Crippen molar-refractivity contribution in [2.75, 3.05) is 19.6 Å². The van der Waals surface area contributed by atoms with Gasteiger partial charge in [-0.15, -0.1) is 0 Å². The number of carbonyl (C=O) groups excluding carboxylic acids is 1. The first-order valence-electron chi connectivity index (χ1n) is 6.36. The van der Waals surface area contributed by atoms with Gasteiger partial charge in [0.2, 0.25) is 5.91 Å². The van der Waals surface area contributed by atoms with Gasteiger partial charge in [0.1, 0.15) is 0 Å². The fourth-order valence-corrected chi connectivity index (χ4v) is 2.23. The van der Waals surface area contributed by atoms with Crippen LogP contribution in [-0.4, -0.2) is 30.4 Å². The van der Waals surface area contributed by atoms with Crippen molar-refractivity contribution in [2.45, 2.75) is 40.5 Å². The lowest BCUT2D eigenvalue weighted by molar-refractivity contribution is -0.138. The third-order valence-corrected chi connectivity index (χ3v) is 3.80. The summed E-state index contributed by atoms with van der Waals surface area (Å²) in [6, 6.07) is 0. The summed E-state index contributed by atoms with van der Waals surface area (Å²) in [5.41, 5.74) is 6.08. The molecule has 0 aromatic carbocycles. The molecule has 2 N–H and O–H groups in total. The smallest absolute Gasteiger partial charge is 0.227 e. The molecule has 0 aromatic rings. The maximum absolute atomic E-state index is 12.2. The zero-order valence-electron chi connectivity index (χ0n) is 11.1. The molecule has 1 atom stereocenters. The molecular formula is C13H26N2O. The van der Waals surface area contributed by atoms with Crippen molar-refractivity contribution >= 4 is 5.91 Å². The standard InChI is InChI=1S/C13H26N2O/c1-10(2)11(9-14)12(16)15-7-5-13(3,4)6-8-15/h10-11H,5-9,14H2,1-4H3. The van der Waals surface area contributed by atoms with Gasteiger partial charge in [-0.3, -0.25) is 4.79 Å². The van der Waals surface area contributed by atoms with Crippen LogP contribution in [0.5, 0.6) is 0 Å². The first kappa shape index (κ1) is 13.5. The van der Waals surface area contributed by atoms with Gasteiger partial charge in [0.25, 0.3) is 0 Å². The van der Waals surface area contributed by atoms with Gasteiger partial charge in [-0.2, -0.15) is 0 Å². The Morgan fingerprint density at radius 2 is 1.81 bits per heavy atom. The molecule has 0 aliphatic carbocycles. The Bertz CT molecular complexity index is 238. The number of rotatable bonds is 3. The van der Waals surface area contributed by atoms with E-state index in [1.807, 2.05) is 4.90 Å². The van der Waals surface area contributed by atoms with Crippen LogP contribution in [0.2, 0.25) is 0 Å². The van der Waals surface area contributed by atoms with Crippen molar-refractivity contribution in [1.29, 1.82) is 0 Å². The first-order valence-corrected chi connectivity index (χ1v) is 6.36. The monoisotopic (exact) mass is 226 g/mol. The van der Waals surface area contributed by atoms with E-state index in [0.29, 0.717) is 17.9 Å². The Kier molecular flexibility index (Phi) is 4.36. The minimum Gasteiger partial charge on any atom is -0.342 e. The van der Waals surface area contributed by atoms with Gasteiger partial charge in [0.15, 0.2) is 0 Å². The SMILES string of the molecule is CC(C)C(CN)C(=O)N1CCC(C)(C)CC1. The summed E-state index contributed by atoms with van der Waals surface area (Å²) < 4.78 is 0. The molecule has 1 amide bonds. The highest BCUT2D eigenvalue weighted by Crippen LogP contribution is 2.30. The summed E-state index contributed by atoms with van der Waals surface area (Å²) in [4.78, 5) is 14.2. The van der Waals surface area contributed by atoms with Gasteiger partial charge in [-0.05, 0) is 24.2 Å². The normalized spacial score (nSPS) is 22.2. The van der Waals surface area contributed by atoms with Crippen LogP contribution in [0.25, 0.3) is 0 Å². The predicted molar refractivity (Wildman–Crippen MR) is 67.0 cm³/mol. The first-order chi connectivity index (χ1) is 7.37. The number of hydrogen-bond acceptors (Lipinski definition) is 2. The minimum absolute atomic E-state index is 0.00112. The summed E-state index contributed by atoms with van der Waals surface area (Å²) in [6.45, 7) is 11.0. The molecule has 0 spiro atoms. The molecule has 1 saturated heterocycles. The second-order valence-electron chi connectivity index (χ2n) is 6.08. The highest BCUT2D eigenvalue weighted by molar-refractivity contribution is 5.79. The van der Waals surface area contributed by atoms with Gasteiger partial charge in [0, 0.05) is 19.6 Å². The number of likely N-dealkylation sites (tertiary alicyclic amines) is 1. The second-order valence-corrected chi connectivity index (χ2v) is 6.08. The summed E-state index contributed by atoms with van der Waals surface area (Å²) in [6.07, 6.45) is 2.21. The van der Waals surface area contributed by atoms with Crippen molar-refractivity contribution < 1.29 is 4.79 Å². The number of nitrogens with two attached hydrogens (primary N) is 1. The average molecular weight is 226 g/mol.